The zero-order valence-corrected chi connectivity index (χ0v) is 16.7. The standard InChI is InChI=1S/C23H21N3O4/c1-4-10-30-19-9-8-15(11-20(19)29-3)18-13-21(27)25-23-22(18)24-14-26(23)16-6-5-7-17(12-16)28-2/h1,5-9,11-12,14,18H,10,13H2,2-3H3,(H,25,27). The van der Waals surface area contributed by atoms with Crippen molar-refractivity contribution in [3.63, 3.8) is 0 Å². The number of terminal acetylenes is 1. The van der Waals surface area contributed by atoms with Gasteiger partial charge in [-0.3, -0.25) is 9.36 Å². The van der Waals surface area contributed by atoms with Crippen LogP contribution in [0.2, 0.25) is 0 Å². The fraction of sp³-hybridized carbons (Fsp3) is 0.217. The SMILES string of the molecule is C#CCOc1ccc(C2CC(=O)Nc3c2ncn3-c2cccc(OC)c2)cc1OC. The Bertz CT molecular complexity index is 1130. The van der Waals surface area contributed by atoms with Crippen molar-refractivity contribution in [1.29, 1.82) is 0 Å². The Morgan fingerprint density at radius 3 is 2.83 bits per heavy atom. The number of fused-ring (bicyclic) bond motifs is 1. The van der Waals surface area contributed by atoms with Gasteiger partial charge in [0.1, 0.15) is 24.5 Å². The highest BCUT2D eigenvalue weighted by Gasteiger charge is 2.31. The van der Waals surface area contributed by atoms with E-state index >= 15 is 0 Å². The van der Waals surface area contributed by atoms with Crippen molar-refractivity contribution in [1.82, 2.24) is 9.55 Å². The van der Waals surface area contributed by atoms with Crippen LogP contribution in [0.15, 0.2) is 48.8 Å². The van der Waals surface area contributed by atoms with Crippen molar-refractivity contribution < 1.29 is 19.0 Å². The second kappa shape index (κ2) is 8.21. The van der Waals surface area contributed by atoms with Gasteiger partial charge in [0.2, 0.25) is 5.91 Å². The highest BCUT2D eigenvalue weighted by atomic mass is 16.5. The molecule has 3 aromatic rings. The van der Waals surface area contributed by atoms with Gasteiger partial charge in [-0.1, -0.05) is 18.1 Å². The predicted molar refractivity (Wildman–Crippen MR) is 113 cm³/mol. The Morgan fingerprint density at radius 1 is 1.20 bits per heavy atom. The minimum Gasteiger partial charge on any atom is -0.497 e. The number of rotatable bonds is 6. The number of hydrogen-bond acceptors (Lipinski definition) is 5. The van der Waals surface area contributed by atoms with Crippen LogP contribution in [0, 0.1) is 12.3 Å². The number of benzene rings is 2. The van der Waals surface area contributed by atoms with Crippen LogP contribution in [-0.4, -0.2) is 36.3 Å². The van der Waals surface area contributed by atoms with Gasteiger partial charge in [0, 0.05) is 18.4 Å². The number of amides is 1. The lowest BCUT2D eigenvalue weighted by molar-refractivity contribution is -0.116. The molecule has 1 unspecified atom stereocenters. The predicted octanol–water partition coefficient (Wildman–Crippen LogP) is 3.38. The molecule has 1 aliphatic heterocycles. The molecule has 7 nitrogen and oxygen atoms in total. The molecule has 1 aliphatic rings. The van der Waals surface area contributed by atoms with Gasteiger partial charge in [-0.25, -0.2) is 4.98 Å². The zero-order chi connectivity index (χ0) is 21.1. The first-order chi connectivity index (χ1) is 14.6. The Hall–Kier alpha value is -3.92. The van der Waals surface area contributed by atoms with Gasteiger partial charge in [-0.2, -0.15) is 0 Å². The summed E-state index contributed by atoms with van der Waals surface area (Å²) in [6.45, 7) is 0.149. The lowest BCUT2D eigenvalue weighted by atomic mass is 9.89. The van der Waals surface area contributed by atoms with Crippen molar-refractivity contribution in [2.75, 3.05) is 26.1 Å². The zero-order valence-electron chi connectivity index (χ0n) is 16.7. The first-order valence-electron chi connectivity index (χ1n) is 9.40. The largest absolute Gasteiger partial charge is 0.497 e. The molecule has 152 valence electrons. The lowest BCUT2D eigenvalue weighted by Crippen LogP contribution is -2.25. The summed E-state index contributed by atoms with van der Waals surface area (Å²) in [6.07, 6.45) is 7.27. The van der Waals surface area contributed by atoms with E-state index in [0.717, 1.165) is 22.7 Å². The second-order valence-electron chi connectivity index (χ2n) is 6.76. The maximum atomic E-state index is 12.5. The van der Waals surface area contributed by atoms with Crippen molar-refractivity contribution in [2.45, 2.75) is 12.3 Å². The van der Waals surface area contributed by atoms with Crippen LogP contribution >= 0.6 is 0 Å². The summed E-state index contributed by atoms with van der Waals surface area (Å²) < 4.78 is 18.1. The minimum absolute atomic E-state index is 0.0798. The fourth-order valence-corrected chi connectivity index (χ4v) is 3.58. The normalized spacial score (nSPS) is 15.0. The molecular weight excluding hydrogens is 382 g/mol. The van der Waals surface area contributed by atoms with Crippen LogP contribution < -0.4 is 19.5 Å². The third kappa shape index (κ3) is 3.55. The average molecular weight is 403 g/mol. The molecule has 30 heavy (non-hydrogen) atoms. The molecule has 1 N–H and O–H groups in total. The van der Waals surface area contributed by atoms with Crippen LogP contribution in [0.25, 0.3) is 5.69 Å². The van der Waals surface area contributed by atoms with Crippen molar-refractivity contribution in [3.05, 3.63) is 60.0 Å². The maximum absolute atomic E-state index is 12.5. The number of carbonyl (C=O) groups excluding carboxylic acids is 1. The highest BCUT2D eigenvalue weighted by Crippen LogP contribution is 2.40. The van der Waals surface area contributed by atoms with Crippen molar-refractivity contribution in [3.8, 4) is 35.3 Å². The summed E-state index contributed by atoms with van der Waals surface area (Å²) in [5, 5.41) is 2.95. The molecule has 0 saturated heterocycles. The van der Waals surface area contributed by atoms with Crippen molar-refractivity contribution in [2.24, 2.45) is 0 Å². The van der Waals surface area contributed by atoms with E-state index in [0.29, 0.717) is 17.3 Å². The van der Waals surface area contributed by atoms with Gasteiger partial charge >= 0.3 is 0 Å². The third-order valence-electron chi connectivity index (χ3n) is 5.01. The summed E-state index contributed by atoms with van der Waals surface area (Å²) in [5.41, 5.74) is 2.54. The quantitative estimate of drug-likeness (QED) is 0.639. The number of aromatic nitrogens is 2. The Balaban J connectivity index is 1.74. The van der Waals surface area contributed by atoms with Gasteiger partial charge in [0.05, 0.1) is 25.6 Å². The number of nitrogens with one attached hydrogen (secondary N) is 1. The van der Waals surface area contributed by atoms with E-state index in [4.69, 9.17) is 20.6 Å². The molecule has 1 aromatic heterocycles. The molecule has 0 radical (unpaired) electrons. The number of methoxy groups -OCH3 is 2. The van der Waals surface area contributed by atoms with E-state index in [9.17, 15) is 4.79 Å². The van der Waals surface area contributed by atoms with Crippen LogP contribution in [0.4, 0.5) is 5.82 Å². The first kappa shape index (κ1) is 19.4. The van der Waals surface area contributed by atoms with Crippen LogP contribution in [0.3, 0.4) is 0 Å². The van der Waals surface area contributed by atoms with Crippen LogP contribution in [0.5, 0.6) is 17.2 Å². The van der Waals surface area contributed by atoms with E-state index in [2.05, 4.69) is 16.2 Å². The number of carbonyl (C=O) groups is 1. The van der Waals surface area contributed by atoms with Crippen LogP contribution in [0.1, 0.15) is 23.6 Å². The van der Waals surface area contributed by atoms with Gasteiger partial charge in [-0.05, 0) is 29.8 Å². The van der Waals surface area contributed by atoms with Crippen LogP contribution in [-0.2, 0) is 4.79 Å². The average Bonchev–Trinajstić information content (AvgIpc) is 3.20. The van der Waals surface area contributed by atoms with Gasteiger partial charge in [0.25, 0.3) is 0 Å². The number of nitrogens with zero attached hydrogens (tertiary/aromatic N) is 2. The van der Waals surface area contributed by atoms with E-state index in [-0.39, 0.29) is 24.9 Å². The summed E-state index contributed by atoms with van der Waals surface area (Å²) in [7, 11) is 3.18. The molecule has 0 spiro atoms. The Labute approximate surface area is 174 Å². The monoisotopic (exact) mass is 403 g/mol. The van der Waals surface area contributed by atoms with E-state index in [1.54, 1.807) is 26.6 Å². The summed E-state index contributed by atoms with van der Waals surface area (Å²) >= 11 is 0. The summed E-state index contributed by atoms with van der Waals surface area (Å²) in [5.74, 6) is 4.63. The number of ether oxygens (including phenoxy) is 3. The van der Waals surface area contributed by atoms with Crippen molar-refractivity contribution >= 4 is 11.7 Å². The second-order valence-corrected chi connectivity index (χ2v) is 6.76. The first-order valence-corrected chi connectivity index (χ1v) is 9.40. The third-order valence-corrected chi connectivity index (χ3v) is 5.01. The molecule has 1 amide bonds. The fourth-order valence-electron chi connectivity index (χ4n) is 3.58. The molecule has 7 heteroatoms. The molecule has 0 aliphatic carbocycles. The van der Waals surface area contributed by atoms with E-state index in [1.807, 2.05) is 41.0 Å². The number of imidazole rings is 1. The van der Waals surface area contributed by atoms with E-state index in [1.165, 1.54) is 0 Å². The molecular formula is C23H21N3O4. The Kier molecular flexibility index (Phi) is 5.31. The number of anilines is 1. The Morgan fingerprint density at radius 2 is 2.07 bits per heavy atom. The minimum atomic E-state index is -0.212. The summed E-state index contributed by atoms with van der Waals surface area (Å²) in [4.78, 5) is 17.1. The van der Waals surface area contributed by atoms with Gasteiger partial charge in [-0.15, -0.1) is 6.42 Å². The highest BCUT2D eigenvalue weighted by molar-refractivity contribution is 5.94. The molecule has 2 heterocycles. The smallest absolute Gasteiger partial charge is 0.226 e. The molecule has 0 saturated carbocycles. The van der Waals surface area contributed by atoms with Gasteiger partial charge < -0.3 is 19.5 Å². The number of hydrogen-bond donors (Lipinski definition) is 1. The molecule has 2 aromatic carbocycles. The van der Waals surface area contributed by atoms with E-state index < -0.39 is 0 Å². The molecule has 1 atom stereocenters. The molecule has 4 rings (SSSR count). The maximum Gasteiger partial charge on any atom is 0.226 e. The molecule has 0 fully saturated rings. The van der Waals surface area contributed by atoms with Gasteiger partial charge in [0.15, 0.2) is 11.5 Å². The lowest BCUT2D eigenvalue weighted by Gasteiger charge is -2.24. The molecule has 0 bridgehead atoms. The summed E-state index contributed by atoms with van der Waals surface area (Å²) in [6, 6.07) is 13.2. The topological polar surface area (TPSA) is 74.6 Å².